The van der Waals surface area contributed by atoms with E-state index in [0.29, 0.717) is 5.69 Å². The van der Waals surface area contributed by atoms with Gasteiger partial charge in [-0.1, -0.05) is 6.07 Å². The van der Waals surface area contributed by atoms with Crippen LogP contribution < -0.4 is 5.73 Å². The van der Waals surface area contributed by atoms with Gasteiger partial charge in [0.25, 0.3) is 0 Å². The Bertz CT molecular complexity index is 903. The molecule has 0 fully saturated rings. The molecule has 0 bridgehead atoms. The Kier molecular flexibility index (Phi) is 10.2. The van der Waals surface area contributed by atoms with E-state index in [1.54, 1.807) is 43.5 Å². The Balaban J connectivity index is 0.000000290. The zero-order valence-electron chi connectivity index (χ0n) is 14.3. The first-order valence-corrected chi connectivity index (χ1v) is 8.98. The maximum Gasteiger partial charge on any atom is 0.229 e. The summed E-state index contributed by atoms with van der Waals surface area (Å²) in [5.41, 5.74) is 5.96. The maximum atomic E-state index is 11.8. The summed E-state index contributed by atoms with van der Waals surface area (Å²) in [5.74, 6) is -0.0932. The molecule has 0 saturated carbocycles. The van der Waals surface area contributed by atoms with E-state index in [-0.39, 0.29) is 33.2 Å². The zero-order valence-corrected chi connectivity index (χ0v) is 16.6. The van der Waals surface area contributed by atoms with Gasteiger partial charge < -0.3 is 25.7 Å². The van der Waals surface area contributed by atoms with Crippen LogP contribution in [0.25, 0.3) is 4.72 Å². The Morgan fingerprint density at radius 3 is 1.79 bits per heavy atom. The van der Waals surface area contributed by atoms with Gasteiger partial charge in [0, 0.05) is 58.8 Å². The van der Waals surface area contributed by atoms with Gasteiger partial charge in [0.15, 0.2) is 0 Å². The number of imidazole rings is 2. The Morgan fingerprint density at radius 1 is 0.857 bits per heavy atom. The van der Waals surface area contributed by atoms with Gasteiger partial charge in [-0.05, 0) is 36.7 Å². The Hall–Kier alpha value is -2.99. The molecule has 151 valence electrons. The smallest absolute Gasteiger partial charge is 0.229 e. The standard InChI is InChI=1S/C10H9N4O2S.2C3H4N2.Ag/c11-8-2-4-9(5-3-8)17(15,16)14-10-12-6-1-7-13-10;2*1-2-5-3-4-1;/h1-7H,11H2;2*1-3H,(H,4,5);/q-1;;;. The van der Waals surface area contributed by atoms with Crippen molar-refractivity contribution in [3.63, 3.8) is 0 Å². The molecule has 1 radical (unpaired) electrons. The summed E-state index contributed by atoms with van der Waals surface area (Å²) in [5, 5.41) is 0. The van der Waals surface area contributed by atoms with Gasteiger partial charge in [0.2, 0.25) is 10.0 Å². The number of nitrogens with two attached hydrogens (primary N) is 1. The second-order valence-corrected chi connectivity index (χ2v) is 6.31. The molecule has 0 atom stereocenters. The van der Waals surface area contributed by atoms with E-state index in [1.807, 2.05) is 0 Å². The molecule has 3 heterocycles. The van der Waals surface area contributed by atoms with E-state index in [9.17, 15) is 8.42 Å². The van der Waals surface area contributed by atoms with Crippen LogP contribution in [0.2, 0.25) is 0 Å². The van der Waals surface area contributed by atoms with Crippen molar-refractivity contribution < 1.29 is 30.8 Å². The molecule has 0 unspecified atom stereocenters. The van der Waals surface area contributed by atoms with Crippen molar-refractivity contribution >= 4 is 21.7 Å². The fraction of sp³-hybridized carbons (Fsp3) is 0. The fourth-order valence-corrected chi connectivity index (χ4v) is 2.46. The number of benzene rings is 1. The van der Waals surface area contributed by atoms with Crippen LogP contribution in [0.15, 0.2) is 85.1 Å². The van der Waals surface area contributed by atoms with Gasteiger partial charge in [0.05, 0.1) is 17.6 Å². The minimum atomic E-state index is -3.79. The normalized spacial score (nSPS) is 9.57. The first kappa shape index (κ1) is 23.1. The number of rotatable bonds is 3. The number of hydrogen-bond donors (Lipinski definition) is 3. The topological polar surface area (TPSA) is 157 Å². The third kappa shape index (κ3) is 8.60. The molecule has 3 aromatic heterocycles. The average molecular weight is 493 g/mol. The monoisotopic (exact) mass is 492 g/mol. The van der Waals surface area contributed by atoms with Gasteiger partial charge in [-0.25, -0.2) is 18.4 Å². The van der Waals surface area contributed by atoms with E-state index < -0.39 is 10.0 Å². The van der Waals surface area contributed by atoms with E-state index in [1.165, 1.54) is 36.7 Å². The second-order valence-electron chi connectivity index (χ2n) is 4.71. The number of sulfonamides is 1. The molecule has 0 aliphatic carbocycles. The molecule has 1 aromatic carbocycles. The molecule has 0 amide bonds. The molecule has 0 saturated heterocycles. The first-order chi connectivity index (χ1) is 13.1. The van der Waals surface area contributed by atoms with Crippen molar-refractivity contribution in [1.82, 2.24) is 29.9 Å². The third-order valence-electron chi connectivity index (χ3n) is 2.74. The average Bonchev–Trinajstić information content (AvgIpc) is 3.41. The minimum absolute atomic E-state index is 0. The van der Waals surface area contributed by atoms with Crippen molar-refractivity contribution in [2.45, 2.75) is 4.90 Å². The van der Waals surface area contributed by atoms with Crippen LogP contribution in [0, 0.1) is 0 Å². The largest absolute Gasteiger partial charge is 0.399 e. The quantitative estimate of drug-likeness (QED) is 0.292. The molecular formula is C16H17AgN8O2S-. The fourth-order valence-electron chi connectivity index (χ4n) is 1.57. The van der Waals surface area contributed by atoms with Crippen LogP contribution in [-0.2, 0) is 32.4 Å². The molecule has 0 spiro atoms. The summed E-state index contributed by atoms with van der Waals surface area (Å²) in [7, 11) is -3.79. The molecule has 0 aliphatic heterocycles. The number of hydrogen-bond acceptors (Lipinski definition) is 7. The predicted molar refractivity (Wildman–Crippen MR) is 100 cm³/mol. The number of aromatic nitrogens is 6. The molecular weight excluding hydrogens is 476 g/mol. The van der Waals surface area contributed by atoms with Crippen molar-refractivity contribution in [1.29, 1.82) is 0 Å². The Morgan fingerprint density at radius 2 is 1.39 bits per heavy atom. The van der Waals surface area contributed by atoms with Gasteiger partial charge in [-0.3, -0.25) is 4.72 Å². The van der Waals surface area contributed by atoms with Gasteiger partial charge in [0.1, 0.15) is 0 Å². The number of H-pyrrole nitrogens is 2. The third-order valence-corrected chi connectivity index (χ3v) is 4.02. The molecule has 10 nitrogen and oxygen atoms in total. The summed E-state index contributed by atoms with van der Waals surface area (Å²) in [6.45, 7) is 0. The number of aromatic amines is 2. The molecule has 28 heavy (non-hydrogen) atoms. The molecule has 4 N–H and O–H groups in total. The van der Waals surface area contributed by atoms with Crippen LogP contribution in [0.1, 0.15) is 0 Å². The molecule has 4 rings (SSSR count). The number of nitrogens with zero attached hydrogens (tertiary/aromatic N) is 5. The van der Waals surface area contributed by atoms with E-state index in [4.69, 9.17) is 5.73 Å². The Labute approximate surface area is 177 Å². The van der Waals surface area contributed by atoms with E-state index in [2.05, 4.69) is 34.6 Å². The minimum Gasteiger partial charge on any atom is -0.399 e. The van der Waals surface area contributed by atoms with Crippen LogP contribution >= 0.6 is 0 Å². The van der Waals surface area contributed by atoms with Crippen molar-refractivity contribution in [3.8, 4) is 0 Å². The van der Waals surface area contributed by atoms with Crippen LogP contribution in [0.5, 0.6) is 0 Å². The number of nitrogen functional groups attached to an aromatic ring is 1. The van der Waals surface area contributed by atoms with Crippen LogP contribution in [0.3, 0.4) is 0 Å². The summed E-state index contributed by atoms with van der Waals surface area (Å²) >= 11 is 0. The number of nitrogens with one attached hydrogen (secondary N) is 2. The number of anilines is 1. The zero-order chi connectivity index (χ0) is 19.4. The SMILES string of the molecule is Nc1ccc(S(=O)(=O)[N-]c2ncccn2)cc1.[Ag].c1c[nH]cn1.c1c[nH]cn1. The summed E-state index contributed by atoms with van der Waals surface area (Å²) in [6.07, 6.45) is 13.0. The van der Waals surface area contributed by atoms with Gasteiger partial charge in [-0.15, -0.1) is 0 Å². The molecule has 0 aliphatic rings. The molecule has 4 aromatic rings. The molecule has 12 heteroatoms. The summed E-state index contributed by atoms with van der Waals surface area (Å²) in [4.78, 5) is 20.3. The van der Waals surface area contributed by atoms with Crippen molar-refractivity contribution in [2.24, 2.45) is 0 Å². The summed E-state index contributed by atoms with van der Waals surface area (Å²) in [6, 6.07) is 7.34. The second kappa shape index (κ2) is 12.4. The van der Waals surface area contributed by atoms with Crippen molar-refractivity contribution in [3.05, 3.63) is 84.9 Å². The maximum absolute atomic E-state index is 11.8. The predicted octanol–water partition coefficient (Wildman–Crippen LogP) is 2.27. The van der Waals surface area contributed by atoms with Crippen LogP contribution in [0.4, 0.5) is 11.6 Å². The van der Waals surface area contributed by atoms with Crippen molar-refractivity contribution in [2.75, 3.05) is 5.73 Å². The van der Waals surface area contributed by atoms with Gasteiger partial charge >= 0.3 is 0 Å². The van der Waals surface area contributed by atoms with Crippen LogP contribution in [-0.4, -0.2) is 38.3 Å². The van der Waals surface area contributed by atoms with Gasteiger partial charge in [-0.2, -0.15) is 0 Å². The van der Waals surface area contributed by atoms with E-state index >= 15 is 0 Å². The van der Waals surface area contributed by atoms with E-state index in [0.717, 1.165) is 0 Å². The first-order valence-electron chi connectivity index (χ1n) is 7.54. The summed E-state index contributed by atoms with van der Waals surface area (Å²) < 4.78 is 27.2.